The molecule has 0 radical (unpaired) electrons. The molecule has 1 aliphatic heterocycles. The number of hydrogen-bond acceptors (Lipinski definition) is 5. The minimum absolute atomic E-state index is 0.0829. The second kappa shape index (κ2) is 8.39. The van der Waals surface area contributed by atoms with Crippen LogP contribution in [0.25, 0.3) is 11.1 Å². The molecule has 6 nitrogen and oxygen atoms in total. The lowest BCUT2D eigenvalue weighted by molar-refractivity contribution is 0.0706. The van der Waals surface area contributed by atoms with Crippen molar-refractivity contribution in [3.8, 4) is 11.1 Å². The van der Waals surface area contributed by atoms with Crippen LogP contribution in [0.1, 0.15) is 34.8 Å². The maximum atomic E-state index is 13.1. The summed E-state index contributed by atoms with van der Waals surface area (Å²) in [5.41, 5.74) is 4.89. The topological polar surface area (TPSA) is 62.2 Å². The molecule has 2 aromatic heterocycles. The highest BCUT2D eigenvalue weighted by atomic mass is 16.2. The third-order valence-electron chi connectivity index (χ3n) is 5.46. The van der Waals surface area contributed by atoms with Crippen LogP contribution in [0.4, 0.5) is 5.69 Å². The highest BCUT2D eigenvalue weighted by Crippen LogP contribution is 2.32. The third kappa shape index (κ3) is 4.11. The summed E-state index contributed by atoms with van der Waals surface area (Å²) < 4.78 is 0. The van der Waals surface area contributed by atoms with E-state index in [1.54, 1.807) is 18.7 Å². The van der Waals surface area contributed by atoms with Crippen LogP contribution >= 0.6 is 0 Å². The first-order valence-electron chi connectivity index (χ1n) is 9.90. The summed E-state index contributed by atoms with van der Waals surface area (Å²) in [5, 5.41) is 0. The molecule has 6 heteroatoms. The normalized spacial score (nSPS) is 16.5. The molecule has 1 aliphatic rings. The SMILES string of the molecule is CN(C)c1ccc(C(=O)N2CCC[C@H](c3ncncc3-c3ccncc3)C2)cc1. The number of likely N-dealkylation sites (tertiary alicyclic amines) is 1. The summed E-state index contributed by atoms with van der Waals surface area (Å²) >= 11 is 0. The summed E-state index contributed by atoms with van der Waals surface area (Å²) in [6.07, 6.45) is 8.99. The van der Waals surface area contributed by atoms with E-state index in [-0.39, 0.29) is 11.8 Å². The van der Waals surface area contributed by atoms with Gasteiger partial charge in [0.15, 0.2) is 0 Å². The summed E-state index contributed by atoms with van der Waals surface area (Å²) in [4.78, 5) is 30.0. The van der Waals surface area contributed by atoms with Gasteiger partial charge in [-0.3, -0.25) is 9.78 Å². The second-order valence-electron chi connectivity index (χ2n) is 7.59. The minimum Gasteiger partial charge on any atom is -0.378 e. The van der Waals surface area contributed by atoms with Crippen LogP contribution in [0.2, 0.25) is 0 Å². The van der Waals surface area contributed by atoms with Crippen LogP contribution < -0.4 is 4.90 Å². The Labute approximate surface area is 171 Å². The highest BCUT2D eigenvalue weighted by molar-refractivity contribution is 5.94. The molecular formula is C23H25N5O. The summed E-state index contributed by atoms with van der Waals surface area (Å²) in [6.45, 7) is 1.45. The summed E-state index contributed by atoms with van der Waals surface area (Å²) in [7, 11) is 3.99. The number of aromatic nitrogens is 3. The summed E-state index contributed by atoms with van der Waals surface area (Å²) in [6, 6.07) is 11.7. The molecule has 1 atom stereocenters. The van der Waals surface area contributed by atoms with E-state index in [1.807, 2.05) is 66.5 Å². The van der Waals surface area contributed by atoms with E-state index in [9.17, 15) is 4.79 Å². The van der Waals surface area contributed by atoms with Crippen LogP contribution in [0.5, 0.6) is 0 Å². The number of anilines is 1. The van der Waals surface area contributed by atoms with Crippen molar-refractivity contribution in [2.24, 2.45) is 0 Å². The van der Waals surface area contributed by atoms with Gasteiger partial charge in [-0.15, -0.1) is 0 Å². The fourth-order valence-corrected chi connectivity index (χ4v) is 3.89. The number of benzene rings is 1. The molecule has 148 valence electrons. The standard InChI is InChI=1S/C23H25N5O/c1-27(2)20-7-5-18(6-8-20)23(29)28-13-3-4-19(15-28)22-21(14-25-16-26-22)17-9-11-24-12-10-17/h5-12,14,16,19H,3-4,13,15H2,1-2H3/t19-/m0/s1. The van der Waals surface area contributed by atoms with Crippen molar-refractivity contribution in [3.05, 3.63) is 72.6 Å². The molecule has 0 spiro atoms. The number of carbonyl (C=O) groups excluding carboxylic acids is 1. The van der Waals surface area contributed by atoms with Crippen molar-refractivity contribution in [2.75, 3.05) is 32.1 Å². The van der Waals surface area contributed by atoms with Crippen molar-refractivity contribution < 1.29 is 4.79 Å². The first kappa shape index (κ1) is 19.1. The van der Waals surface area contributed by atoms with Gasteiger partial charge in [0.25, 0.3) is 5.91 Å². The third-order valence-corrected chi connectivity index (χ3v) is 5.46. The van der Waals surface area contributed by atoms with Crippen LogP contribution in [0.15, 0.2) is 61.3 Å². The molecule has 3 heterocycles. The molecule has 0 bridgehead atoms. The smallest absolute Gasteiger partial charge is 0.253 e. The Bertz CT molecular complexity index is 972. The zero-order valence-corrected chi connectivity index (χ0v) is 16.8. The number of piperidine rings is 1. The molecule has 4 rings (SSSR count). The van der Waals surface area contributed by atoms with E-state index >= 15 is 0 Å². The lowest BCUT2D eigenvalue weighted by atomic mass is 9.90. The quantitative estimate of drug-likeness (QED) is 0.684. The lowest BCUT2D eigenvalue weighted by Crippen LogP contribution is -2.39. The number of carbonyl (C=O) groups is 1. The van der Waals surface area contributed by atoms with Crippen LogP contribution in [-0.4, -0.2) is 52.9 Å². The molecule has 3 aromatic rings. The van der Waals surface area contributed by atoms with Crippen molar-refractivity contribution in [1.29, 1.82) is 0 Å². The van der Waals surface area contributed by atoms with Crippen LogP contribution in [-0.2, 0) is 0 Å². The van der Waals surface area contributed by atoms with Crippen molar-refractivity contribution >= 4 is 11.6 Å². The van der Waals surface area contributed by atoms with E-state index in [0.717, 1.165) is 47.5 Å². The van der Waals surface area contributed by atoms with Gasteiger partial charge in [-0.05, 0) is 54.8 Å². The van der Waals surface area contributed by atoms with Gasteiger partial charge in [0, 0.05) is 68.5 Å². The van der Waals surface area contributed by atoms with Crippen molar-refractivity contribution in [1.82, 2.24) is 19.9 Å². The van der Waals surface area contributed by atoms with Gasteiger partial charge in [0.1, 0.15) is 6.33 Å². The Kier molecular flexibility index (Phi) is 5.51. The average molecular weight is 387 g/mol. The first-order valence-corrected chi connectivity index (χ1v) is 9.90. The molecule has 0 saturated carbocycles. The maximum absolute atomic E-state index is 13.1. The summed E-state index contributed by atoms with van der Waals surface area (Å²) in [5.74, 6) is 0.277. The molecule has 0 N–H and O–H groups in total. The molecule has 0 aliphatic carbocycles. The maximum Gasteiger partial charge on any atom is 0.253 e. The Morgan fingerprint density at radius 2 is 1.83 bits per heavy atom. The molecule has 1 amide bonds. The van der Waals surface area contributed by atoms with Gasteiger partial charge in [-0.25, -0.2) is 9.97 Å². The zero-order chi connectivity index (χ0) is 20.2. The number of hydrogen-bond donors (Lipinski definition) is 0. The van der Waals surface area contributed by atoms with E-state index in [2.05, 4.69) is 15.0 Å². The largest absolute Gasteiger partial charge is 0.378 e. The van der Waals surface area contributed by atoms with Gasteiger partial charge < -0.3 is 9.80 Å². The number of nitrogens with zero attached hydrogens (tertiary/aromatic N) is 5. The van der Waals surface area contributed by atoms with Gasteiger partial charge in [-0.2, -0.15) is 0 Å². The molecule has 29 heavy (non-hydrogen) atoms. The van der Waals surface area contributed by atoms with Crippen molar-refractivity contribution in [2.45, 2.75) is 18.8 Å². The molecular weight excluding hydrogens is 362 g/mol. The zero-order valence-electron chi connectivity index (χ0n) is 16.8. The molecule has 0 unspecified atom stereocenters. The number of amides is 1. The van der Waals surface area contributed by atoms with E-state index < -0.39 is 0 Å². The number of pyridine rings is 1. The predicted molar refractivity (Wildman–Crippen MR) is 114 cm³/mol. The van der Waals surface area contributed by atoms with E-state index in [1.165, 1.54) is 0 Å². The van der Waals surface area contributed by atoms with E-state index in [0.29, 0.717) is 6.54 Å². The second-order valence-corrected chi connectivity index (χ2v) is 7.59. The van der Waals surface area contributed by atoms with Gasteiger partial charge in [0.2, 0.25) is 0 Å². The predicted octanol–water partition coefficient (Wildman–Crippen LogP) is 3.62. The van der Waals surface area contributed by atoms with Crippen LogP contribution in [0.3, 0.4) is 0 Å². The Morgan fingerprint density at radius 1 is 1.07 bits per heavy atom. The average Bonchev–Trinajstić information content (AvgIpc) is 2.79. The van der Waals surface area contributed by atoms with Gasteiger partial charge in [-0.1, -0.05) is 0 Å². The molecule has 1 aromatic carbocycles. The van der Waals surface area contributed by atoms with Gasteiger partial charge >= 0.3 is 0 Å². The first-order chi connectivity index (χ1) is 14.1. The van der Waals surface area contributed by atoms with E-state index in [4.69, 9.17) is 0 Å². The highest BCUT2D eigenvalue weighted by Gasteiger charge is 2.28. The van der Waals surface area contributed by atoms with Crippen LogP contribution in [0, 0.1) is 0 Å². The Hall–Kier alpha value is -3.28. The van der Waals surface area contributed by atoms with Gasteiger partial charge in [0.05, 0.1) is 5.69 Å². The Morgan fingerprint density at radius 3 is 2.55 bits per heavy atom. The molecule has 1 fully saturated rings. The monoisotopic (exact) mass is 387 g/mol. The Balaban J connectivity index is 1.56. The molecule has 1 saturated heterocycles. The number of rotatable bonds is 4. The minimum atomic E-state index is 0.0829. The lowest BCUT2D eigenvalue weighted by Gasteiger charge is -2.33. The fraction of sp³-hybridized carbons (Fsp3) is 0.304. The fourth-order valence-electron chi connectivity index (χ4n) is 3.89. The van der Waals surface area contributed by atoms with Crippen molar-refractivity contribution in [3.63, 3.8) is 0 Å².